The van der Waals surface area contributed by atoms with E-state index in [-0.39, 0.29) is 0 Å². The standard InChI is InChI=1S/C6H4NO/c1-2-8-6-4-7-3-5(1)6/h1-4H. The zero-order chi connectivity index (χ0) is 5.40. The molecule has 0 unspecified atom stereocenters. The molecule has 1 aromatic rings. The van der Waals surface area contributed by atoms with Gasteiger partial charge in [-0.3, -0.25) is 5.32 Å². The van der Waals surface area contributed by atoms with Crippen molar-refractivity contribution in [2.24, 2.45) is 0 Å². The van der Waals surface area contributed by atoms with Crippen molar-refractivity contribution in [3.05, 3.63) is 23.0 Å². The molecule has 2 heterocycles. The van der Waals surface area contributed by atoms with Gasteiger partial charge in [0.2, 0.25) is 0 Å². The second kappa shape index (κ2) is 1.15. The van der Waals surface area contributed by atoms with Crippen molar-refractivity contribution >= 4 is 12.4 Å². The van der Waals surface area contributed by atoms with Gasteiger partial charge in [-0.2, -0.15) is 0 Å². The van der Waals surface area contributed by atoms with Crippen LogP contribution in [0.25, 0.3) is 12.4 Å². The van der Waals surface area contributed by atoms with Gasteiger partial charge in [0.1, 0.15) is 0 Å². The second-order valence-corrected chi connectivity index (χ2v) is 1.65. The summed E-state index contributed by atoms with van der Waals surface area (Å²) in [5.41, 5.74) is 0.866. The molecule has 0 amide bonds. The van der Waals surface area contributed by atoms with Crippen LogP contribution in [0.15, 0.2) is 16.7 Å². The summed E-state index contributed by atoms with van der Waals surface area (Å²) < 4.78 is 5.00. The lowest BCUT2D eigenvalue weighted by atomic mass is 10.5. The average molecular weight is 106 g/mol. The van der Waals surface area contributed by atoms with Gasteiger partial charge >= 0.3 is 0 Å². The van der Waals surface area contributed by atoms with Gasteiger partial charge in [-0.1, -0.05) is 0 Å². The minimum absolute atomic E-state index is 0.866. The highest BCUT2D eigenvalue weighted by Gasteiger charge is 1.92. The molecule has 0 bridgehead atoms. The highest BCUT2D eigenvalue weighted by Crippen LogP contribution is 1.75. The Morgan fingerprint density at radius 2 is 2.38 bits per heavy atom. The predicted molar refractivity (Wildman–Crippen MR) is 29.0 cm³/mol. The number of rotatable bonds is 0. The van der Waals surface area contributed by atoms with Crippen LogP contribution in [0.2, 0.25) is 0 Å². The number of hydrogen-bond donors (Lipinski definition) is 0. The smallest absolute Gasteiger partial charge is 0.153 e. The zero-order valence-electron chi connectivity index (χ0n) is 4.16. The van der Waals surface area contributed by atoms with E-state index >= 15 is 0 Å². The molecule has 0 aliphatic carbocycles. The van der Waals surface area contributed by atoms with Crippen LogP contribution in [0.1, 0.15) is 0 Å². The Morgan fingerprint density at radius 3 is 3.25 bits per heavy atom. The van der Waals surface area contributed by atoms with Crippen LogP contribution in [-0.2, 0) is 0 Å². The first-order chi connectivity index (χ1) is 3.97. The number of fused-ring (bicyclic) bond motifs is 1. The first kappa shape index (κ1) is 3.78. The van der Waals surface area contributed by atoms with E-state index in [2.05, 4.69) is 5.32 Å². The molecule has 0 saturated heterocycles. The molecule has 0 fully saturated rings. The maximum atomic E-state index is 5.00. The molecule has 1 aliphatic heterocycles. The van der Waals surface area contributed by atoms with Crippen molar-refractivity contribution in [2.75, 3.05) is 0 Å². The van der Waals surface area contributed by atoms with E-state index in [0.717, 1.165) is 10.6 Å². The topological polar surface area (TPSA) is 27.2 Å². The normalized spacial score (nSPS) is 13.5. The van der Waals surface area contributed by atoms with Crippen molar-refractivity contribution in [3.63, 3.8) is 0 Å². The molecule has 0 N–H and O–H groups in total. The van der Waals surface area contributed by atoms with Gasteiger partial charge in [-0.15, -0.1) is 0 Å². The Bertz CT molecular complexity index is 268. The van der Waals surface area contributed by atoms with Crippen LogP contribution in [0, 0.1) is 0 Å². The van der Waals surface area contributed by atoms with Gasteiger partial charge in [0.25, 0.3) is 0 Å². The van der Waals surface area contributed by atoms with E-state index in [1.807, 2.05) is 6.07 Å². The van der Waals surface area contributed by atoms with Gasteiger partial charge in [0.15, 0.2) is 5.42 Å². The SMILES string of the molecule is C1=c2ccoc2=C[N]1. The van der Waals surface area contributed by atoms with Gasteiger partial charge in [-0.25, -0.2) is 0 Å². The lowest BCUT2D eigenvalue weighted by Crippen LogP contribution is -2.13. The molecule has 2 nitrogen and oxygen atoms in total. The van der Waals surface area contributed by atoms with Crippen LogP contribution in [0.3, 0.4) is 0 Å². The Kier molecular flexibility index (Phi) is 0.545. The summed E-state index contributed by atoms with van der Waals surface area (Å²) >= 11 is 0. The molecule has 2 rings (SSSR count). The van der Waals surface area contributed by atoms with Crippen LogP contribution >= 0.6 is 0 Å². The lowest BCUT2D eigenvalue weighted by molar-refractivity contribution is 0.531. The van der Waals surface area contributed by atoms with Crippen LogP contribution < -0.4 is 16.0 Å². The molecule has 0 aromatic carbocycles. The summed E-state index contributed by atoms with van der Waals surface area (Å²) in [6.07, 6.45) is 5.14. The first-order valence-corrected chi connectivity index (χ1v) is 2.41. The first-order valence-electron chi connectivity index (χ1n) is 2.41. The number of hydrogen-bond acceptors (Lipinski definition) is 1. The highest BCUT2D eigenvalue weighted by molar-refractivity contribution is 5.38. The lowest BCUT2D eigenvalue weighted by Gasteiger charge is -1.68. The fraction of sp³-hybridized carbons (Fsp3) is 0. The molecule has 0 saturated carbocycles. The summed E-state index contributed by atoms with van der Waals surface area (Å²) in [4.78, 5) is 0. The van der Waals surface area contributed by atoms with E-state index < -0.39 is 0 Å². The van der Waals surface area contributed by atoms with E-state index in [1.54, 1.807) is 18.7 Å². The maximum absolute atomic E-state index is 5.00. The molecule has 1 radical (unpaired) electrons. The third-order valence-corrected chi connectivity index (χ3v) is 1.13. The summed E-state index contributed by atoms with van der Waals surface area (Å²) in [5.74, 6) is 0. The molecular formula is C6H4NO. The summed E-state index contributed by atoms with van der Waals surface area (Å²) in [7, 11) is 0. The Balaban J connectivity index is 3.08. The fourth-order valence-electron chi connectivity index (χ4n) is 0.728. The largest absolute Gasteiger partial charge is 0.463 e. The second-order valence-electron chi connectivity index (χ2n) is 1.65. The van der Waals surface area contributed by atoms with Crippen molar-refractivity contribution in [1.82, 2.24) is 5.32 Å². The average Bonchev–Trinajstić information content (AvgIpc) is 2.15. The quantitative estimate of drug-likeness (QED) is 0.433. The van der Waals surface area contributed by atoms with Crippen molar-refractivity contribution in [2.45, 2.75) is 0 Å². The Morgan fingerprint density at radius 1 is 1.38 bits per heavy atom. The minimum atomic E-state index is 0.866. The van der Waals surface area contributed by atoms with Crippen molar-refractivity contribution in [1.29, 1.82) is 0 Å². The molecule has 1 aliphatic rings. The van der Waals surface area contributed by atoms with Crippen LogP contribution in [0.5, 0.6) is 0 Å². The van der Waals surface area contributed by atoms with E-state index in [9.17, 15) is 0 Å². The molecule has 8 heavy (non-hydrogen) atoms. The monoisotopic (exact) mass is 106 g/mol. The van der Waals surface area contributed by atoms with E-state index in [0.29, 0.717) is 0 Å². The summed E-state index contributed by atoms with van der Waals surface area (Å²) in [6, 6.07) is 1.89. The zero-order valence-corrected chi connectivity index (χ0v) is 4.16. The summed E-state index contributed by atoms with van der Waals surface area (Å²) in [6.45, 7) is 0. The van der Waals surface area contributed by atoms with Crippen molar-refractivity contribution in [3.8, 4) is 0 Å². The van der Waals surface area contributed by atoms with E-state index in [4.69, 9.17) is 4.42 Å². The number of nitrogens with zero attached hydrogens (tertiary/aromatic N) is 1. The number of furan rings is 1. The van der Waals surface area contributed by atoms with Crippen molar-refractivity contribution < 1.29 is 4.42 Å². The minimum Gasteiger partial charge on any atom is -0.463 e. The Hall–Kier alpha value is -1.18. The van der Waals surface area contributed by atoms with Gasteiger partial charge in [-0.05, 0) is 6.07 Å². The molecular weight excluding hydrogens is 102 g/mol. The van der Waals surface area contributed by atoms with Gasteiger partial charge in [0, 0.05) is 11.4 Å². The molecule has 1 aromatic heterocycles. The third kappa shape index (κ3) is 0.320. The van der Waals surface area contributed by atoms with Gasteiger partial charge in [0.05, 0.1) is 12.5 Å². The maximum Gasteiger partial charge on any atom is 0.153 e. The van der Waals surface area contributed by atoms with E-state index in [1.165, 1.54) is 0 Å². The molecule has 2 heteroatoms. The summed E-state index contributed by atoms with van der Waals surface area (Å²) in [5, 5.41) is 4.94. The molecule has 39 valence electrons. The van der Waals surface area contributed by atoms with Crippen LogP contribution in [0.4, 0.5) is 0 Å². The predicted octanol–water partition coefficient (Wildman–Crippen LogP) is -0.626. The molecule has 0 spiro atoms. The third-order valence-electron chi connectivity index (χ3n) is 1.13. The Labute approximate surface area is 46.1 Å². The fourth-order valence-corrected chi connectivity index (χ4v) is 0.728. The van der Waals surface area contributed by atoms with Crippen LogP contribution in [-0.4, -0.2) is 0 Å². The molecule has 0 atom stereocenters. The van der Waals surface area contributed by atoms with Gasteiger partial charge < -0.3 is 4.42 Å². The highest BCUT2D eigenvalue weighted by atomic mass is 16.3.